The van der Waals surface area contributed by atoms with E-state index in [0.717, 1.165) is 0 Å². The number of hydrogen-bond acceptors (Lipinski definition) is 5. The fourth-order valence-electron chi connectivity index (χ4n) is 3.44. The largest absolute Gasteiger partial charge is 0.480 e. The van der Waals surface area contributed by atoms with Crippen LogP contribution in [0, 0.1) is 0 Å². The van der Waals surface area contributed by atoms with Crippen LogP contribution in [-0.2, 0) is 19.2 Å². The lowest BCUT2D eigenvalue weighted by molar-refractivity contribution is -0.161. The van der Waals surface area contributed by atoms with Crippen molar-refractivity contribution >= 4 is 47.1 Å². The molecular formula is C17H17ClN2O6S. The number of β-lactam (4-membered cyclic amide) rings is 1. The topological polar surface area (TPSA) is 124 Å². The molecule has 2 aliphatic rings. The summed E-state index contributed by atoms with van der Waals surface area (Å²) in [6.07, 6.45) is 0. The van der Waals surface area contributed by atoms with Gasteiger partial charge in [0.05, 0.1) is 0 Å². The summed E-state index contributed by atoms with van der Waals surface area (Å²) in [4.78, 5) is 49.3. The molecule has 0 aromatic heterocycles. The molecule has 0 saturated carbocycles. The number of carbonyl (C=O) groups excluding carboxylic acids is 2. The van der Waals surface area contributed by atoms with E-state index < -0.39 is 51.9 Å². The van der Waals surface area contributed by atoms with E-state index in [2.05, 4.69) is 5.32 Å². The molecule has 2 heterocycles. The first kappa shape index (κ1) is 19.5. The van der Waals surface area contributed by atoms with Gasteiger partial charge in [-0.2, -0.15) is 0 Å². The zero-order valence-electron chi connectivity index (χ0n) is 14.4. The minimum Gasteiger partial charge on any atom is -0.480 e. The molecular weight excluding hydrogens is 396 g/mol. The Morgan fingerprint density at radius 1 is 1.22 bits per heavy atom. The van der Waals surface area contributed by atoms with Gasteiger partial charge in [-0.3, -0.25) is 14.4 Å². The Morgan fingerprint density at radius 2 is 1.81 bits per heavy atom. The molecule has 3 N–H and O–H groups in total. The van der Waals surface area contributed by atoms with Crippen molar-refractivity contribution in [3.05, 3.63) is 34.9 Å². The van der Waals surface area contributed by atoms with E-state index in [1.807, 2.05) is 0 Å². The second-order valence-electron chi connectivity index (χ2n) is 6.91. The Labute approximate surface area is 163 Å². The summed E-state index contributed by atoms with van der Waals surface area (Å²) in [6.45, 7) is 3.43. The van der Waals surface area contributed by atoms with Gasteiger partial charge in [-0.15, -0.1) is 11.8 Å². The highest BCUT2D eigenvalue weighted by molar-refractivity contribution is 8.01. The van der Waals surface area contributed by atoms with E-state index >= 15 is 0 Å². The Kier molecular flexibility index (Phi) is 4.85. The Balaban J connectivity index is 1.78. The summed E-state index contributed by atoms with van der Waals surface area (Å²) < 4.78 is -0.728. The van der Waals surface area contributed by atoms with Crippen LogP contribution in [-0.4, -0.2) is 61.1 Å². The van der Waals surface area contributed by atoms with E-state index in [0.29, 0.717) is 5.02 Å². The molecule has 3 rings (SSSR count). The lowest BCUT2D eigenvalue weighted by Crippen LogP contribution is -2.71. The number of carboxylic acid groups (broad SMARTS) is 2. The molecule has 3 unspecified atom stereocenters. The molecule has 27 heavy (non-hydrogen) atoms. The van der Waals surface area contributed by atoms with Crippen LogP contribution in [0.3, 0.4) is 0 Å². The predicted molar refractivity (Wildman–Crippen MR) is 97.5 cm³/mol. The molecule has 0 spiro atoms. The highest BCUT2D eigenvalue weighted by Gasteiger charge is 2.64. The number of halogens is 1. The molecule has 2 fully saturated rings. The summed E-state index contributed by atoms with van der Waals surface area (Å²) in [5, 5.41) is 21.2. The van der Waals surface area contributed by atoms with Crippen LogP contribution in [0.25, 0.3) is 0 Å². The normalized spacial score (nSPS) is 26.7. The van der Waals surface area contributed by atoms with Gasteiger partial charge in [0.15, 0.2) is 5.92 Å². The van der Waals surface area contributed by atoms with Crippen molar-refractivity contribution in [3.63, 3.8) is 0 Å². The van der Waals surface area contributed by atoms with Crippen LogP contribution in [0.15, 0.2) is 24.3 Å². The van der Waals surface area contributed by atoms with Crippen LogP contribution >= 0.6 is 23.4 Å². The number of aliphatic carboxylic acids is 2. The van der Waals surface area contributed by atoms with Gasteiger partial charge in [0.1, 0.15) is 17.5 Å². The van der Waals surface area contributed by atoms with Gasteiger partial charge in [0.25, 0.3) is 0 Å². The van der Waals surface area contributed by atoms with Gasteiger partial charge in [0, 0.05) is 9.77 Å². The van der Waals surface area contributed by atoms with Crippen LogP contribution < -0.4 is 5.32 Å². The maximum atomic E-state index is 12.6. The van der Waals surface area contributed by atoms with Gasteiger partial charge < -0.3 is 20.4 Å². The number of carboxylic acids is 2. The average molecular weight is 413 g/mol. The van der Waals surface area contributed by atoms with E-state index in [1.54, 1.807) is 13.8 Å². The highest BCUT2D eigenvalue weighted by atomic mass is 35.5. The average Bonchev–Trinajstić information content (AvgIpc) is 2.82. The van der Waals surface area contributed by atoms with Gasteiger partial charge in [-0.25, -0.2) is 4.79 Å². The molecule has 2 aliphatic heterocycles. The lowest BCUT2D eigenvalue weighted by Gasteiger charge is -2.43. The van der Waals surface area contributed by atoms with Crippen molar-refractivity contribution in [2.45, 2.75) is 42.0 Å². The number of nitrogens with one attached hydrogen (secondary N) is 1. The minimum atomic E-state index is -1.50. The molecule has 2 amide bonds. The number of carbonyl (C=O) groups is 4. The maximum Gasteiger partial charge on any atom is 0.327 e. The molecule has 0 bridgehead atoms. The fraction of sp³-hybridized carbons (Fsp3) is 0.412. The first-order valence-corrected chi connectivity index (χ1v) is 9.32. The number of nitrogens with zero attached hydrogens (tertiary/aromatic N) is 1. The minimum absolute atomic E-state index is 0.232. The number of thioether (sulfide) groups is 1. The van der Waals surface area contributed by atoms with Gasteiger partial charge in [0.2, 0.25) is 11.8 Å². The Hall–Kier alpha value is -2.26. The van der Waals surface area contributed by atoms with Crippen molar-refractivity contribution in [1.29, 1.82) is 0 Å². The zero-order chi connectivity index (χ0) is 20.1. The van der Waals surface area contributed by atoms with Crippen molar-refractivity contribution < 1.29 is 29.4 Å². The summed E-state index contributed by atoms with van der Waals surface area (Å²) in [5.41, 5.74) is 0.232. The van der Waals surface area contributed by atoms with E-state index in [9.17, 15) is 29.4 Å². The number of amides is 2. The van der Waals surface area contributed by atoms with E-state index in [4.69, 9.17) is 11.6 Å². The first-order chi connectivity index (χ1) is 12.5. The quantitative estimate of drug-likeness (QED) is 0.489. The number of fused-ring (bicyclic) bond motifs is 1. The van der Waals surface area contributed by atoms with Crippen molar-refractivity contribution in [2.75, 3.05) is 0 Å². The number of hydrogen-bond donors (Lipinski definition) is 3. The molecule has 1 aromatic rings. The van der Waals surface area contributed by atoms with Crippen LogP contribution in [0.1, 0.15) is 25.3 Å². The molecule has 8 nitrogen and oxygen atoms in total. The molecule has 1 aromatic carbocycles. The Bertz CT molecular complexity index is 827. The third kappa shape index (κ3) is 3.25. The summed E-state index contributed by atoms with van der Waals surface area (Å²) in [7, 11) is 0. The zero-order valence-corrected chi connectivity index (χ0v) is 16.0. The molecule has 10 heteroatoms. The predicted octanol–water partition coefficient (Wildman–Crippen LogP) is 1.14. The van der Waals surface area contributed by atoms with Crippen molar-refractivity contribution in [1.82, 2.24) is 10.2 Å². The Morgan fingerprint density at radius 3 is 2.33 bits per heavy atom. The maximum absolute atomic E-state index is 12.6. The molecule has 2 saturated heterocycles. The fourth-order valence-corrected chi connectivity index (χ4v) is 5.19. The standard InChI is InChI=1S/C17H17ClN2O6S/c1-17(2)11(16(25)26)20-13(22)10(14(20)27-17)19-12(21)9(15(23)24)7-3-5-8(18)6-4-7/h3-6,9-11,14H,1-2H3,(H,19,21)(H,23,24)(H,25,26)/t9?,10?,11?,14-/m0/s1. The van der Waals surface area contributed by atoms with Crippen molar-refractivity contribution in [2.24, 2.45) is 0 Å². The third-order valence-corrected chi connectivity index (χ3v) is 6.51. The van der Waals surface area contributed by atoms with Crippen molar-refractivity contribution in [3.8, 4) is 0 Å². The van der Waals surface area contributed by atoms with E-state index in [1.165, 1.54) is 40.9 Å². The summed E-state index contributed by atoms with van der Waals surface area (Å²) in [6, 6.07) is 3.86. The smallest absolute Gasteiger partial charge is 0.327 e. The van der Waals surface area contributed by atoms with E-state index in [-0.39, 0.29) is 5.56 Å². The van der Waals surface area contributed by atoms with Gasteiger partial charge in [-0.05, 0) is 31.5 Å². The second-order valence-corrected chi connectivity index (χ2v) is 9.11. The number of benzene rings is 1. The molecule has 0 aliphatic carbocycles. The van der Waals surface area contributed by atoms with Gasteiger partial charge in [-0.1, -0.05) is 23.7 Å². The monoisotopic (exact) mass is 412 g/mol. The highest BCUT2D eigenvalue weighted by Crippen LogP contribution is 2.50. The molecule has 144 valence electrons. The number of rotatable bonds is 5. The van der Waals surface area contributed by atoms with Crippen LogP contribution in [0.4, 0.5) is 0 Å². The van der Waals surface area contributed by atoms with Gasteiger partial charge >= 0.3 is 11.9 Å². The van der Waals surface area contributed by atoms with Crippen LogP contribution in [0.5, 0.6) is 0 Å². The lowest BCUT2D eigenvalue weighted by atomic mass is 9.94. The molecule has 4 atom stereocenters. The summed E-state index contributed by atoms with van der Waals surface area (Å²) in [5.74, 6) is -5.34. The SMILES string of the molecule is CC1(C)S[C@H]2C(NC(=O)C(C(=O)O)c3ccc(Cl)cc3)C(=O)N2C1C(=O)O. The van der Waals surface area contributed by atoms with Crippen LogP contribution in [0.2, 0.25) is 5.02 Å². The first-order valence-electron chi connectivity index (χ1n) is 8.06. The summed E-state index contributed by atoms with van der Waals surface area (Å²) >= 11 is 7.06. The molecule has 0 radical (unpaired) electrons. The third-order valence-electron chi connectivity index (χ3n) is 4.69. The second kappa shape index (κ2) is 6.72.